The molecule has 19 heavy (non-hydrogen) atoms. The molecule has 0 bridgehead atoms. The van der Waals surface area contributed by atoms with Crippen LogP contribution in [0.2, 0.25) is 10.0 Å². The van der Waals surface area contributed by atoms with Crippen LogP contribution in [0.5, 0.6) is 0 Å². The van der Waals surface area contributed by atoms with Gasteiger partial charge in [0.05, 0.1) is 15.7 Å². The van der Waals surface area contributed by atoms with E-state index in [1.54, 1.807) is 12.1 Å². The van der Waals surface area contributed by atoms with Gasteiger partial charge in [-0.3, -0.25) is 0 Å². The molecule has 0 aromatic heterocycles. The quantitative estimate of drug-likeness (QED) is 0.820. The van der Waals surface area contributed by atoms with E-state index in [-0.39, 0.29) is 11.9 Å². The molecule has 1 unspecified atom stereocenters. The van der Waals surface area contributed by atoms with Crippen molar-refractivity contribution in [2.45, 2.75) is 19.4 Å². The second kappa shape index (κ2) is 6.27. The first kappa shape index (κ1) is 14.2. The molecule has 2 aromatic carbocycles. The van der Waals surface area contributed by atoms with Gasteiger partial charge in [0, 0.05) is 6.04 Å². The molecular formula is C15H14Cl2FN. The molecule has 1 N–H and O–H groups in total. The minimum Gasteiger partial charge on any atom is -0.381 e. The normalized spacial score (nSPS) is 12.2. The van der Waals surface area contributed by atoms with Gasteiger partial charge >= 0.3 is 0 Å². The lowest BCUT2D eigenvalue weighted by atomic mass is 10.1. The first-order valence-corrected chi connectivity index (χ1v) is 6.77. The second-order valence-electron chi connectivity index (χ2n) is 4.48. The lowest BCUT2D eigenvalue weighted by Gasteiger charge is -2.17. The van der Waals surface area contributed by atoms with E-state index in [1.165, 1.54) is 12.1 Å². The number of anilines is 1. The fourth-order valence-electron chi connectivity index (χ4n) is 1.95. The summed E-state index contributed by atoms with van der Waals surface area (Å²) < 4.78 is 13.1. The van der Waals surface area contributed by atoms with Gasteiger partial charge < -0.3 is 5.32 Å². The smallest absolute Gasteiger partial charge is 0.123 e. The van der Waals surface area contributed by atoms with Crippen molar-refractivity contribution in [3.63, 3.8) is 0 Å². The molecule has 100 valence electrons. The van der Waals surface area contributed by atoms with E-state index >= 15 is 0 Å². The fourth-order valence-corrected chi connectivity index (χ4v) is 2.30. The van der Waals surface area contributed by atoms with Crippen LogP contribution in [0, 0.1) is 5.82 Å². The highest BCUT2D eigenvalue weighted by Gasteiger charge is 2.08. The van der Waals surface area contributed by atoms with Crippen molar-refractivity contribution in [2.75, 3.05) is 5.32 Å². The van der Waals surface area contributed by atoms with Crippen LogP contribution in [0.25, 0.3) is 0 Å². The highest BCUT2D eigenvalue weighted by Crippen LogP contribution is 2.30. The first-order chi connectivity index (χ1) is 9.06. The van der Waals surface area contributed by atoms with Crippen LogP contribution in [0.1, 0.15) is 12.5 Å². The van der Waals surface area contributed by atoms with Gasteiger partial charge in [0.15, 0.2) is 0 Å². The van der Waals surface area contributed by atoms with Gasteiger partial charge in [-0.1, -0.05) is 41.4 Å². The summed E-state index contributed by atoms with van der Waals surface area (Å²) in [6.07, 6.45) is 0.709. The lowest BCUT2D eigenvalue weighted by Crippen LogP contribution is -2.18. The SMILES string of the molecule is CC(Cc1cccc(F)c1)Nc1cccc(Cl)c1Cl. The Morgan fingerprint density at radius 2 is 1.89 bits per heavy atom. The van der Waals surface area contributed by atoms with Crippen molar-refractivity contribution in [3.05, 3.63) is 63.9 Å². The Kier molecular flexibility index (Phi) is 4.67. The van der Waals surface area contributed by atoms with Gasteiger partial charge in [-0.05, 0) is 43.2 Å². The summed E-state index contributed by atoms with van der Waals surface area (Å²) in [5.41, 5.74) is 1.73. The maximum Gasteiger partial charge on any atom is 0.123 e. The zero-order chi connectivity index (χ0) is 13.8. The van der Waals surface area contributed by atoms with Crippen LogP contribution in [0.4, 0.5) is 10.1 Å². The molecule has 4 heteroatoms. The number of hydrogen-bond donors (Lipinski definition) is 1. The summed E-state index contributed by atoms with van der Waals surface area (Å²) in [4.78, 5) is 0. The number of benzene rings is 2. The summed E-state index contributed by atoms with van der Waals surface area (Å²) in [7, 11) is 0. The summed E-state index contributed by atoms with van der Waals surface area (Å²) in [5.74, 6) is -0.217. The third-order valence-corrected chi connectivity index (χ3v) is 3.60. The lowest BCUT2D eigenvalue weighted by molar-refractivity contribution is 0.624. The van der Waals surface area contributed by atoms with E-state index in [1.807, 2.05) is 25.1 Å². The van der Waals surface area contributed by atoms with Crippen LogP contribution < -0.4 is 5.32 Å². The van der Waals surface area contributed by atoms with Crippen molar-refractivity contribution in [2.24, 2.45) is 0 Å². The topological polar surface area (TPSA) is 12.0 Å². The third kappa shape index (κ3) is 3.85. The highest BCUT2D eigenvalue weighted by atomic mass is 35.5. The molecular weight excluding hydrogens is 284 g/mol. The Balaban J connectivity index is 2.05. The van der Waals surface area contributed by atoms with Crippen molar-refractivity contribution >= 4 is 28.9 Å². The summed E-state index contributed by atoms with van der Waals surface area (Å²) >= 11 is 12.1. The monoisotopic (exact) mass is 297 g/mol. The van der Waals surface area contributed by atoms with E-state index in [4.69, 9.17) is 23.2 Å². The number of rotatable bonds is 4. The number of halogens is 3. The van der Waals surface area contributed by atoms with E-state index < -0.39 is 0 Å². The van der Waals surface area contributed by atoms with Gasteiger partial charge in [-0.2, -0.15) is 0 Å². The van der Waals surface area contributed by atoms with Crippen molar-refractivity contribution in [3.8, 4) is 0 Å². The number of hydrogen-bond acceptors (Lipinski definition) is 1. The van der Waals surface area contributed by atoms with Gasteiger partial charge in [-0.15, -0.1) is 0 Å². The maximum atomic E-state index is 13.1. The van der Waals surface area contributed by atoms with E-state index in [0.717, 1.165) is 11.3 Å². The van der Waals surface area contributed by atoms with Crippen molar-refractivity contribution in [1.29, 1.82) is 0 Å². The summed E-state index contributed by atoms with van der Waals surface area (Å²) in [6, 6.07) is 12.2. The zero-order valence-corrected chi connectivity index (χ0v) is 12.0. The van der Waals surface area contributed by atoms with Crippen LogP contribution in [0.3, 0.4) is 0 Å². The Labute approximate surface area is 122 Å². The average Bonchev–Trinajstić information content (AvgIpc) is 2.35. The molecule has 2 aromatic rings. The molecule has 0 saturated heterocycles. The third-order valence-electron chi connectivity index (χ3n) is 2.78. The second-order valence-corrected chi connectivity index (χ2v) is 5.27. The molecule has 1 nitrogen and oxygen atoms in total. The molecule has 0 radical (unpaired) electrons. The van der Waals surface area contributed by atoms with Crippen molar-refractivity contribution in [1.82, 2.24) is 0 Å². The predicted molar refractivity (Wildman–Crippen MR) is 79.7 cm³/mol. The molecule has 0 aliphatic rings. The maximum absolute atomic E-state index is 13.1. The minimum atomic E-state index is -0.217. The molecule has 2 rings (SSSR count). The zero-order valence-electron chi connectivity index (χ0n) is 10.5. The molecule has 0 aliphatic carbocycles. The van der Waals surface area contributed by atoms with E-state index in [0.29, 0.717) is 16.5 Å². The van der Waals surface area contributed by atoms with Crippen LogP contribution in [0.15, 0.2) is 42.5 Å². The minimum absolute atomic E-state index is 0.123. The van der Waals surface area contributed by atoms with Gasteiger partial charge in [0.25, 0.3) is 0 Å². The largest absolute Gasteiger partial charge is 0.381 e. The van der Waals surface area contributed by atoms with Crippen molar-refractivity contribution < 1.29 is 4.39 Å². The Hall–Kier alpha value is -1.25. The van der Waals surface area contributed by atoms with Gasteiger partial charge in [0.2, 0.25) is 0 Å². The fraction of sp³-hybridized carbons (Fsp3) is 0.200. The Morgan fingerprint density at radius 1 is 1.16 bits per heavy atom. The predicted octanol–water partition coefficient (Wildman–Crippen LogP) is 5.18. The average molecular weight is 298 g/mol. The van der Waals surface area contributed by atoms with E-state index in [9.17, 15) is 4.39 Å². The highest BCUT2D eigenvalue weighted by molar-refractivity contribution is 6.43. The molecule has 0 amide bonds. The first-order valence-electron chi connectivity index (χ1n) is 6.01. The molecule has 1 atom stereocenters. The molecule has 0 spiro atoms. The Morgan fingerprint density at radius 3 is 2.63 bits per heavy atom. The van der Waals surface area contributed by atoms with E-state index in [2.05, 4.69) is 5.32 Å². The van der Waals surface area contributed by atoms with Gasteiger partial charge in [0.1, 0.15) is 5.82 Å². The molecule has 0 saturated carbocycles. The molecule has 0 heterocycles. The standard InChI is InChI=1S/C15H14Cl2FN/c1-10(8-11-4-2-5-12(18)9-11)19-14-7-3-6-13(16)15(14)17/h2-7,9-10,19H,8H2,1H3. The molecule has 0 aliphatic heterocycles. The van der Waals surface area contributed by atoms with Gasteiger partial charge in [-0.25, -0.2) is 4.39 Å². The molecule has 0 fully saturated rings. The number of nitrogens with one attached hydrogen (secondary N) is 1. The van der Waals surface area contributed by atoms with Crippen LogP contribution in [-0.4, -0.2) is 6.04 Å². The Bertz CT molecular complexity index is 572. The summed E-state index contributed by atoms with van der Waals surface area (Å²) in [5, 5.41) is 4.31. The summed E-state index contributed by atoms with van der Waals surface area (Å²) in [6.45, 7) is 2.02. The van der Waals surface area contributed by atoms with Crippen LogP contribution >= 0.6 is 23.2 Å². The van der Waals surface area contributed by atoms with Crippen LogP contribution in [-0.2, 0) is 6.42 Å².